The van der Waals surface area contributed by atoms with Crippen LogP contribution < -0.4 is 11.1 Å². The van der Waals surface area contributed by atoms with Crippen LogP contribution in [0.3, 0.4) is 0 Å². The van der Waals surface area contributed by atoms with E-state index < -0.39 is 0 Å². The van der Waals surface area contributed by atoms with Crippen molar-refractivity contribution in [3.63, 3.8) is 0 Å². The van der Waals surface area contributed by atoms with Gasteiger partial charge in [0.05, 0.1) is 6.54 Å². The molecule has 5 nitrogen and oxygen atoms in total. The molecule has 1 aromatic carbocycles. The molecular weight excluding hydrogens is 349 g/mol. The first kappa shape index (κ1) is 20.7. The summed E-state index contributed by atoms with van der Waals surface area (Å²) < 4.78 is 0. The minimum absolute atomic E-state index is 0. The molecule has 0 spiro atoms. The maximum atomic E-state index is 12.6. The fourth-order valence-electron chi connectivity index (χ4n) is 2.94. The monoisotopic (exact) mass is 373 g/mol. The van der Waals surface area contributed by atoms with Crippen LogP contribution >= 0.6 is 24.0 Å². The molecule has 3 N–H and O–H groups in total. The third-order valence-corrected chi connectivity index (χ3v) is 4.34. The van der Waals surface area contributed by atoms with Gasteiger partial charge in [0.15, 0.2) is 0 Å². The molecule has 134 valence electrons. The number of amides is 2. The Kier molecular flexibility index (Phi) is 8.53. The number of halogens is 2. The van der Waals surface area contributed by atoms with Crippen LogP contribution in [0.4, 0.5) is 5.69 Å². The van der Waals surface area contributed by atoms with E-state index in [0.717, 1.165) is 25.7 Å². The summed E-state index contributed by atoms with van der Waals surface area (Å²) in [6, 6.07) is 7.01. The highest BCUT2D eigenvalue weighted by molar-refractivity contribution is 6.30. The van der Waals surface area contributed by atoms with Gasteiger partial charge in [-0.3, -0.25) is 9.59 Å². The van der Waals surface area contributed by atoms with Crippen LogP contribution in [0.15, 0.2) is 24.3 Å². The fraction of sp³-hybridized carbons (Fsp3) is 0.529. The molecule has 2 unspecified atom stereocenters. The second-order valence-electron chi connectivity index (χ2n) is 6.08. The molecule has 24 heavy (non-hydrogen) atoms. The van der Waals surface area contributed by atoms with Crippen molar-refractivity contribution in [1.29, 1.82) is 0 Å². The second kappa shape index (κ2) is 9.87. The van der Waals surface area contributed by atoms with Crippen molar-refractivity contribution in [3.05, 3.63) is 29.3 Å². The number of carbonyl (C=O) groups excluding carboxylic acids is 2. The topological polar surface area (TPSA) is 75.4 Å². The van der Waals surface area contributed by atoms with E-state index in [1.165, 1.54) is 0 Å². The number of hydrogen-bond donors (Lipinski definition) is 2. The third-order valence-electron chi connectivity index (χ3n) is 4.09. The Morgan fingerprint density at radius 2 is 1.96 bits per heavy atom. The van der Waals surface area contributed by atoms with Crippen LogP contribution in [-0.4, -0.2) is 35.8 Å². The summed E-state index contributed by atoms with van der Waals surface area (Å²) >= 11 is 5.82. The van der Waals surface area contributed by atoms with E-state index in [1.54, 1.807) is 29.2 Å². The van der Waals surface area contributed by atoms with Gasteiger partial charge in [-0.25, -0.2) is 0 Å². The number of carbonyl (C=O) groups is 2. The quantitative estimate of drug-likeness (QED) is 0.804. The lowest BCUT2D eigenvalue weighted by Crippen LogP contribution is -2.41. The van der Waals surface area contributed by atoms with Gasteiger partial charge < -0.3 is 16.0 Å². The van der Waals surface area contributed by atoms with E-state index >= 15 is 0 Å². The minimum Gasteiger partial charge on any atom is -0.333 e. The first-order valence-corrected chi connectivity index (χ1v) is 8.47. The Morgan fingerprint density at radius 1 is 1.29 bits per heavy atom. The Morgan fingerprint density at radius 3 is 2.50 bits per heavy atom. The number of nitrogens with zero attached hydrogens (tertiary/aromatic N) is 1. The van der Waals surface area contributed by atoms with Gasteiger partial charge in [0, 0.05) is 29.2 Å². The highest BCUT2D eigenvalue weighted by Crippen LogP contribution is 2.26. The fourth-order valence-corrected chi connectivity index (χ4v) is 3.07. The van der Waals surface area contributed by atoms with E-state index in [1.807, 2.05) is 6.92 Å². The summed E-state index contributed by atoms with van der Waals surface area (Å²) in [6.45, 7) is 2.65. The molecular formula is C17H25Cl2N3O2. The standard InChI is InChI=1S/C17H24ClN3O2.ClH/c1-2-9-21(17(23)12-3-6-14(19)10-12)11-16(22)20-15-7-4-13(18)5-8-15;/h4-5,7-8,12,14H,2-3,6,9-11,19H2,1H3,(H,20,22);1H. The van der Waals surface area contributed by atoms with Crippen molar-refractivity contribution < 1.29 is 9.59 Å². The highest BCUT2D eigenvalue weighted by atomic mass is 35.5. The largest absolute Gasteiger partial charge is 0.333 e. The molecule has 2 atom stereocenters. The van der Waals surface area contributed by atoms with Crippen LogP contribution in [0.5, 0.6) is 0 Å². The predicted octanol–water partition coefficient (Wildman–Crippen LogP) is 3.07. The van der Waals surface area contributed by atoms with Crippen LogP contribution in [-0.2, 0) is 9.59 Å². The van der Waals surface area contributed by atoms with E-state index in [0.29, 0.717) is 17.3 Å². The van der Waals surface area contributed by atoms with E-state index in [9.17, 15) is 9.59 Å². The Labute approximate surface area is 154 Å². The molecule has 0 heterocycles. The molecule has 0 bridgehead atoms. The highest BCUT2D eigenvalue weighted by Gasteiger charge is 2.31. The average Bonchev–Trinajstić information content (AvgIpc) is 2.95. The summed E-state index contributed by atoms with van der Waals surface area (Å²) in [5.41, 5.74) is 6.56. The van der Waals surface area contributed by atoms with Gasteiger partial charge in [-0.15, -0.1) is 12.4 Å². The lowest BCUT2D eigenvalue weighted by atomic mass is 10.1. The lowest BCUT2D eigenvalue weighted by Gasteiger charge is -2.24. The van der Waals surface area contributed by atoms with Crippen LogP contribution in [0.2, 0.25) is 5.02 Å². The maximum absolute atomic E-state index is 12.6. The van der Waals surface area contributed by atoms with Crippen molar-refractivity contribution in [1.82, 2.24) is 4.90 Å². The smallest absolute Gasteiger partial charge is 0.243 e. The summed E-state index contributed by atoms with van der Waals surface area (Å²) in [6.07, 6.45) is 3.24. The molecule has 1 saturated carbocycles. The van der Waals surface area contributed by atoms with Crippen molar-refractivity contribution >= 4 is 41.5 Å². The zero-order chi connectivity index (χ0) is 16.8. The molecule has 0 aromatic heterocycles. The number of rotatable bonds is 6. The van der Waals surface area contributed by atoms with Gasteiger partial charge in [0.2, 0.25) is 11.8 Å². The van der Waals surface area contributed by atoms with Gasteiger partial charge in [-0.1, -0.05) is 18.5 Å². The summed E-state index contributed by atoms with van der Waals surface area (Å²) in [5, 5.41) is 3.41. The minimum atomic E-state index is -0.198. The number of benzene rings is 1. The zero-order valence-electron chi connectivity index (χ0n) is 13.8. The molecule has 2 rings (SSSR count). The normalized spacial score (nSPS) is 19.5. The maximum Gasteiger partial charge on any atom is 0.243 e. The van der Waals surface area contributed by atoms with Crippen molar-refractivity contribution in [2.24, 2.45) is 11.7 Å². The van der Waals surface area contributed by atoms with Crippen molar-refractivity contribution in [2.45, 2.75) is 38.6 Å². The molecule has 0 radical (unpaired) electrons. The third kappa shape index (κ3) is 5.96. The molecule has 1 aliphatic rings. The Hall–Kier alpha value is -1.30. The van der Waals surface area contributed by atoms with Gasteiger partial charge in [0.25, 0.3) is 0 Å². The number of nitrogens with one attached hydrogen (secondary N) is 1. The van der Waals surface area contributed by atoms with Crippen LogP contribution in [0.25, 0.3) is 0 Å². The molecule has 1 aromatic rings. The van der Waals surface area contributed by atoms with Crippen LogP contribution in [0, 0.1) is 5.92 Å². The Balaban J connectivity index is 0.00000288. The van der Waals surface area contributed by atoms with E-state index in [2.05, 4.69) is 5.32 Å². The van der Waals surface area contributed by atoms with Crippen LogP contribution in [0.1, 0.15) is 32.6 Å². The van der Waals surface area contributed by atoms with Crippen molar-refractivity contribution in [3.8, 4) is 0 Å². The molecule has 1 aliphatic carbocycles. The number of anilines is 1. The van der Waals surface area contributed by atoms with Gasteiger partial charge >= 0.3 is 0 Å². The number of hydrogen-bond acceptors (Lipinski definition) is 3. The van der Waals surface area contributed by atoms with Gasteiger partial charge in [-0.05, 0) is 49.9 Å². The van der Waals surface area contributed by atoms with Gasteiger partial charge in [0.1, 0.15) is 0 Å². The second-order valence-corrected chi connectivity index (χ2v) is 6.52. The van der Waals surface area contributed by atoms with Gasteiger partial charge in [-0.2, -0.15) is 0 Å². The zero-order valence-corrected chi connectivity index (χ0v) is 15.4. The Bertz CT molecular complexity index is 551. The molecule has 2 amide bonds. The van der Waals surface area contributed by atoms with E-state index in [4.69, 9.17) is 17.3 Å². The SMILES string of the molecule is CCCN(CC(=O)Nc1ccc(Cl)cc1)C(=O)C1CCC(N)C1.Cl. The first-order valence-electron chi connectivity index (χ1n) is 8.09. The molecule has 1 fully saturated rings. The van der Waals surface area contributed by atoms with Crippen molar-refractivity contribution in [2.75, 3.05) is 18.4 Å². The first-order chi connectivity index (χ1) is 11.0. The average molecular weight is 374 g/mol. The lowest BCUT2D eigenvalue weighted by molar-refractivity contribution is -0.138. The predicted molar refractivity (Wildman–Crippen MR) is 99.5 cm³/mol. The molecule has 0 saturated heterocycles. The summed E-state index contributed by atoms with van der Waals surface area (Å²) in [7, 11) is 0. The number of nitrogens with two attached hydrogens (primary N) is 1. The summed E-state index contributed by atoms with van der Waals surface area (Å²) in [4.78, 5) is 26.4. The molecule has 0 aliphatic heterocycles. The molecule has 7 heteroatoms. The summed E-state index contributed by atoms with van der Waals surface area (Å²) in [5.74, 6) is -0.192. The van der Waals surface area contributed by atoms with E-state index in [-0.39, 0.29) is 42.7 Å².